The molecule has 1 saturated heterocycles. The molecule has 1 aromatic heterocycles. The lowest BCUT2D eigenvalue weighted by Gasteiger charge is -2.32. The molecule has 0 N–H and O–H groups in total. The number of hydrogen-bond donors (Lipinski definition) is 0. The molecule has 1 aliphatic heterocycles. The van der Waals surface area contributed by atoms with Gasteiger partial charge in [-0.1, -0.05) is 60.7 Å². The Morgan fingerprint density at radius 1 is 0.893 bits per heavy atom. The van der Waals surface area contributed by atoms with E-state index in [1.54, 1.807) is 0 Å². The Morgan fingerprint density at radius 2 is 1.54 bits per heavy atom. The fourth-order valence-electron chi connectivity index (χ4n) is 3.93. The molecule has 2 heterocycles. The van der Waals surface area contributed by atoms with Crippen molar-refractivity contribution in [2.75, 3.05) is 29.9 Å². The molecule has 0 spiro atoms. The minimum atomic E-state index is 0.752. The van der Waals surface area contributed by atoms with E-state index in [0.717, 1.165) is 37.3 Å². The van der Waals surface area contributed by atoms with Crippen LogP contribution in [-0.2, 0) is 13.0 Å². The Balaban J connectivity index is 1.36. The molecule has 4 nitrogen and oxygen atoms in total. The van der Waals surface area contributed by atoms with Crippen molar-refractivity contribution < 1.29 is 0 Å². The van der Waals surface area contributed by atoms with Gasteiger partial charge in [-0.05, 0) is 42.4 Å². The average Bonchev–Trinajstić information content (AvgIpc) is 2.76. The van der Waals surface area contributed by atoms with Crippen molar-refractivity contribution in [2.45, 2.75) is 25.8 Å². The second kappa shape index (κ2) is 8.87. The summed E-state index contributed by atoms with van der Waals surface area (Å²) in [6.45, 7) is 2.91. The highest BCUT2D eigenvalue weighted by molar-refractivity contribution is 5.44. The standard InChI is InChI=1S/C24H28N4/c1-27(19-22-10-6-3-7-11-22)23-12-15-25-24(26-23)28-16-13-21(14-17-28)18-20-8-4-2-5-9-20/h2-12,15,21H,13-14,16-19H2,1H3. The Morgan fingerprint density at radius 3 is 2.21 bits per heavy atom. The van der Waals surface area contributed by atoms with E-state index in [0.29, 0.717) is 0 Å². The van der Waals surface area contributed by atoms with Gasteiger partial charge in [0.25, 0.3) is 0 Å². The molecule has 0 aliphatic carbocycles. The van der Waals surface area contributed by atoms with Crippen LogP contribution in [0.4, 0.5) is 11.8 Å². The predicted molar refractivity (Wildman–Crippen MR) is 116 cm³/mol. The van der Waals surface area contributed by atoms with Gasteiger partial charge < -0.3 is 9.80 Å². The molecule has 4 heteroatoms. The van der Waals surface area contributed by atoms with Crippen LogP contribution in [0.25, 0.3) is 0 Å². The minimum Gasteiger partial charge on any atom is -0.355 e. The van der Waals surface area contributed by atoms with Crippen LogP contribution < -0.4 is 9.80 Å². The van der Waals surface area contributed by atoms with E-state index in [-0.39, 0.29) is 0 Å². The maximum Gasteiger partial charge on any atom is 0.227 e. The molecular weight excluding hydrogens is 344 g/mol. The van der Waals surface area contributed by atoms with E-state index in [2.05, 4.69) is 76.4 Å². The minimum absolute atomic E-state index is 0.752. The Kier molecular flexibility index (Phi) is 5.86. The molecule has 0 amide bonds. The highest BCUT2D eigenvalue weighted by Crippen LogP contribution is 2.25. The number of anilines is 2. The highest BCUT2D eigenvalue weighted by atomic mass is 15.3. The third kappa shape index (κ3) is 4.69. The van der Waals surface area contributed by atoms with E-state index in [1.165, 1.54) is 30.4 Å². The zero-order valence-corrected chi connectivity index (χ0v) is 16.5. The molecule has 0 unspecified atom stereocenters. The molecule has 3 aromatic rings. The summed E-state index contributed by atoms with van der Waals surface area (Å²) in [5.41, 5.74) is 2.73. The summed E-state index contributed by atoms with van der Waals surface area (Å²) in [5, 5.41) is 0. The summed E-state index contributed by atoms with van der Waals surface area (Å²) in [7, 11) is 2.09. The maximum atomic E-state index is 4.84. The number of rotatable bonds is 6. The van der Waals surface area contributed by atoms with Gasteiger partial charge in [-0.2, -0.15) is 4.98 Å². The van der Waals surface area contributed by atoms with Gasteiger partial charge in [0.1, 0.15) is 5.82 Å². The number of piperidine rings is 1. The molecular formula is C24H28N4. The number of nitrogens with zero attached hydrogens (tertiary/aromatic N) is 4. The van der Waals surface area contributed by atoms with Crippen molar-refractivity contribution in [2.24, 2.45) is 5.92 Å². The normalized spacial score (nSPS) is 14.8. The third-order valence-corrected chi connectivity index (χ3v) is 5.55. The molecule has 144 valence electrons. The molecule has 0 saturated carbocycles. The summed E-state index contributed by atoms with van der Waals surface area (Å²) in [6, 6.07) is 23.3. The SMILES string of the molecule is CN(Cc1ccccc1)c1ccnc(N2CCC(Cc3ccccc3)CC2)n1. The van der Waals surface area contributed by atoms with Gasteiger partial charge in [0.2, 0.25) is 5.95 Å². The van der Waals surface area contributed by atoms with E-state index in [1.807, 2.05) is 18.3 Å². The van der Waals surface area contributed by atoms with Crippen molar-refractivity contribution in [3.63, 3.8) is 0 Å². The zero-order valence-electron chi connectivity index (χ0n) is 16.5. The van der Waals surface area contributed by atoms with Crippen molar-refractivity contribution in [3.8, 4) is 0 Å². The second-order valence-electron chi connectivity index (χ2n) is 7.68. The largest absolute Gasteiger partial charge is 0.355 e. The zero-order chi connectivity index (χ0) is 19.2. The van der Waals surface area contributed by atoms with Gasteiger partial charge in [0.05, 0.1) is 0 Å². The second-order valence-corrected chi connectivity index (χ2v) is 7.68. The summed E-state index contributed by atoms with van der Waals surface area (Å²) in [6.07, 6.45) is 5.45. The monoisotopic (exact) mass is 372 g/mol. The van der Waals surface area contributed by atoms with Gasteiger partial charge in [-0.25, -0.2) is 4.98 Å². The van der Waals surface area contributed by atoms with Crippen LogP contribution in [0.15, 0.2) is 72.9 Å². The average molecular weight is 373 g/mol. The lowest BCUT2D eigenvalue weighted by molar-refractivity contribution is 0.400. The summed E-state index contributed by atoms with van der Waals surface area (Å²) >= 11 is 0. The summed E-state index contributed by atoms with van der Waals surface area (Å²) < 4.78 is 0. The predicted octanol–water partition coefficient (Wildman–Crippen LogP) is 4.57. The van der Waals surface area contributed by atoms with Crippen LogP contribution in [0.3, 0.4) is 0 Å². The van der Waals surface area contributed by atoms with Crippen LogP contribution in [0.1, 0.15) is 24.0 Å². The lowest BCUT2D eigenvalue weighted by Crippen LogP contribution is -2.35. The van der Waals surface area contributed by atoms with Gasteiger partial charge in [-0.15, -0.1) is 0 Å². The Labute approximate surface area is 167 Å². The third-order valence-electron chi connectivity index (χ3n) is 5.55. The first kappa shape index (κ1) is 18.5. The molecule has 1 fully saturated rings. The topological polar surface area (TPSA) is 32.3 Å². The van der Waals surface area contributed by atoms with Crippen LogP contribution in [0.2, 0.25) is 0 Å². The van der Waals surface area contributed by atoms with Crippen LogP contribution in [0, 0.1) is 5.92 Å². The van der Waals surface area contributed by atoms with Gasteiger partial charge in [0.15, 0.2) is 0 Å². The number of hydrogen-bond acceptors (Lipinski definition) is 4. The first-order valence-electron chi connectivity index (χ1n) is 10.1. The van der Waals surface area contributed by atoms with Crippen molar-refractivity contribution in [1.29, 1.82) is 0 Å². The summed E-state index contributed by atoms with van der Waals surface area (Å²) in [4.78, 5) is 13.9. The number of aromatic nitrogens is 2. The number of benzene rings is 2. The van der Waals surface area contributed by atoms with Crippen molar-refractivity contribution >= 4 is 11.8 Å². The van der Waals surface area contributed by atoms with E-state index >= 15 is 0 Å². The van der Waals surface area contributed by atoms with E-state index in [4.69, 9.17) is 4.98 Å². The van der Waals surface area contributed by atoms with E-state index in [9.17, 15) is 0 Å². The molecule has 1 aliphatic rings. The van der Waals surface area contributed by atoms with Crippen LogP contribution in [0.5, 0.6) is 0 Å². The summed E-state index contributed by atoms with van der Waals surface area (Å²) in [5.74, 6) is 2.58. The quantitative estimate of drug-likeness (QED) is 0.634. The Bertz CT molecular complexity index is 858. The molecule has 0 atom stereocenters. The van der Waals surface area contributed by atoms with Crippen molar-refractivity contribution in [3.05, 3.63) is 84.1 Å². The first-order valence-corrected chi connectivity index (χ1v) is 10.1. The van der Waals surface area contributed by atoms with Crippen LogP contribution >= 0.6 is 0 Å². The molecule has 28 heavy (non-hydrogen) atoms. The van der Waals surface area contributed by atoms with Crippen LogP contribution in [-0.4, -0.2) is 30.1 Å². The fraction of sp³-hybridized carbons (Fsp3) is 0.333. The van der Waals surface area contributed by atoms with Gasteiger partial charge in [0, 0.05) is 32.9 Å². The lowest BCUT2D eigenvalue weighted by atomic mass is 9.90. The molecule has 0 radical (unpaired) electrons. The van der Waals surface area contributed by atoms with Gasteiger partial charge in [-0.3, -0.25) is 0 Å². The molecule has 0 bridgehead atoms. The molecule has 2 aromatic carbocycles. The maximum absolute atomic E-state index is 4.84. The smallest absolute Gasteiger partial charge is 0.227 e. The molecule has 4 rings (SSSR count). The van der Waals surface area contributed by atoms with E-state index < -0.39 is 0 Å². The van der Waals surface area contributed by atoms with Crippen molar-refractivity contribution in [1.82, 2.24) is 9.97 Å². The van der Waals surface area contributed by atoms with Gasteiger partial charge >= 0.3 is 0 Å². The fourth-order valence-corrected chi connectivity index (χ4v) is 3.93. The Hall–Kier alpha value is -2.88. The first-order chi connectivity index (χ1) is 13.8. The highest BCUT2D eigenvalue weighted by Gasteiger charge is 2.21.